The molecule has 1 aliphatic rings. The summed E-state index contributed by atoms with van der Waals surface area (Å²) in [6, 6.07) is 7.79. The summed E-state index contributed by atoms with van der Waals surface area (Å²) in [5.74, 6) is 2.22. The quantitative estimate of drug-likeness (QED) is 0.908. The summed E-state index contributed by atoms with van der Waals surface area (Å²) in [5.41, 5.74) is 1.91. The first-order valence-electron chi connectivity index (χ1n) is 8.15. The summed E-state index contributed by atoms with van der Waals surface area (Å²) in [6.45, 7) is 5.91. The van der Waals surface area contributed by atoms with Crippen LogP contribution in [0.2, 0.25) is 0 Å². The van der Waals surface area contributed by atoms with Crippen molar-refractivity contribution in [2.45, 2.75) is 45.2 Å². The van der Waals surface area contributed by atoms with Crippen LogP contribution in [-0.2, 0) is 6.54 Å². The molecule has 0 bridgehead atoms. The van der Waals surface area contributed by atoms with Crippen molar-refractivity contribution in [2.75, 3.05) is 13.7 Å². The number of methoxy groups -OCH3 is 1. The minimum absolute atomic E-state index is 0.257. The molecule has 1 aromatic carbocycles. The van der Waals surface area contributed by atoms with Crippen LogP contribution >= 0.6 is 0 Å². The molecule has 0 spiro atoms. The number of ether oxygens (including phenoxy) is 1. The van der Waals surface area contributed by atoms with Crippen LogP contribution in [0.1, 0.15) is 55.7 Å². The number of phenolic OH excluding ortho intramolecular Hbond substituents is 1. The van der Waals surface area contributed by atoms with Gasteiger partial charge >= 0.3 is 0 Å². The number of aromatic hydroxyl groups is 1. The third-order valence-corrected chi connectivity index (χ3v) is 4.49. The van der Waals surface area contributed by atoms with Crippen LogP contribution < -0.4 is 4.74 Å². The summed E-state index contributed by atoms with van der Waals surface area (Å²) in [4.78, 5) is 2.35. The van der Waals surface area contributed by atoms with Crippen LogP contribution in [0.15, 0.2) is 28.8 Å². The Labute approximate surface area is 136 Å². The molecule has 23 heavy (non-hydrogen) atoms. The highest BCUT2D eigenvalue weighted by molar-refractivity contribution is 5.39. The highest BCUT2D eigenvalue weighted by Gasteiger charge is 2.29. The van der Waals surface area contributed by atoms with Gasteiger partial charge in [0.1, 0.15) is 23.0 Å². The molecule has 2 aromatic rings. The lowest BCUT2D eigenvalue weighted by Crippen LogP contribution is -2.23. The molecule has 1 saturated heterocycles. The summed E-state index contributed by atoms with van der Waals surface area (Å²) < 4.78 is 10.6. The maximum Gasteiger partial charge on any atom is 0.139 e. The lowest BCUT2D eigenvalue weighted by molar-refractivity contribution is 0.233. The molecule has 1 fully saturated rings. The van der Waals surface area contributed by atoms with Crippen LogP contribution in [0, 0.1) is 0 Å². The molecule has 0 saturated carbocycles. The Kier molecular flexibility index (Phi) is 4.57. The van der Waals surface area contributed by atoms with E-state index in [1.807, 2.05) is 12.1 Å². The molecule has 2 heterocycles. The number of likely N-dealkylation sites (tertiary alicyclic amines) is 1. The van der Waals surface area contributed by atoms with Crippen molar-refractivity contribution in [1.29, 1.82) is 0 Å². The minimum Gasteiger partial charge on any atom is -0.507 e. The van der Waals surface area contributed by atoms with Crippen molar-refractivity contribution in [2.24, 2.45) is 0 Å². The van der Waals surface area contributed by atoms with Gasteiger partial charge in [-0.25, -0.2) is 0 Å². The smallest absolute Gasteiger partial charge is 0.139 e. The van der Waals surface area contributed by atoms with E-state index < -0.39 is 0 Å². The van der Waals surface area contributed by atoms with E-state index in [1.165, 1.54) is 0 Å². The zero-order valence-corrected chi connectivity index (χ0v) is 14.0. The average Bonchev–Trinajstić information content (AvgIpc) is 3.17. The second kappa shape index (κ2) is 6.62. The number of hydrogen-bond donors (Lipinski definition) is 1. The van der Waals surface area contributed by atoms with Crippen molar-refractivity contribution in [3.05, 3.63) is 41.3 Å². The Balaban J connectivity index is 1.76. The third-order valence-electron chi connectivity index (χ3n) is 4.49. The fraction of sp³-hybridized carbons (Fsp3) is 0.500. The first kappa shape index (κ1) is 15.9. The predicted octanol–water partition coefficient (Wildman–Crippen LogP) is 3.85. The molecule has 1 aliphatic heterocycles. The van der Waals surface area contributed by atoms with Gasteiger partial charge in [-0.15, -0.1) is 0 Å². The zero-order chi connectivity index (χ0) is 16.4. The van der Waals surface area contributed by atoms with Gasteiger partial charge in [0, 0.05) is 30.2 Å². The Bertz CT molecular complexity index is 666. The molecule has 3 rings (SSSR count). The largest absolute Gasteiger partial charge is 0.507 e. The second-order valence-corrected chi connectivity index (χ2v) is 6.43. The molecule has 5 nitrogen and oxygen atoms in total. The number of hydrogen-bond acceptors (Lipinski definition) is 5. The predicted molar refractivity (Wildman–Crippen MR) is 87.6 cm³/mol. The van der Waals surface area contributed by atoms with Crippen molar-refractivity contribution < 1.29 is 14.4 Å². The van der Waals surface area contributed by atoms with Crippen molar-refractivity contribution in [3.63, 3.8) is 0 Å². The van der Waals surface area contributed by atoms with Gasteiger partial charge in [0.05, 0.1) is 13.2 Å². The Morgan fingerprint density at radius 3 is 2.87 bits per heavy atom. The van der Waals surface area contributed by atoms with Gasteiger partial charge in [0.15, 0.2) is 0 Å². The first-order chi connectivity index (χ1) is 11.1. The van der Waals surface area contributed by atoms with Crippen LogP contribution in [-0.4, -0.2) is 28.8 Å². The summed E-state index contributed by atoms with van der Waals surface area (Å²) in [7, 11) is 1.60. The SMILES string of the molecule is COc1ccc(CN2CCC[C@H]2c2cc(C(C)C)on2)c(O)c1. The van der Waals surface area contributed by atoms with E-state index in [0.29, 0.717) is 18.2 Å². The lowest BCUT2D eigenvalue weighted by Gasteiger charge is -2.23. The number of nitrogens with zero attached hydrogens (tertiary/aromatic N) is 2. The van der Waals surface area contributed by atoms with Crippen molar-refractivity contribution in [1.82, 2.24) is 10.1 Å². The van der Waals surface area contributed by atoms with Gasteiger partial charge in [0.2, 0.25) is 0 Å². The fourth-order valence-electron chi connectivity index (χ4n) is 3.11. The van der Waals surface area contributed by atoms with E-state index in [4.69, 9.17) is 9.26 Å². The van der Waals surface area contributed by atoms with Crippen LogP contribution in [0.25, 0.3) is 0 Å². The molecule has 0 unspecified atom stereocenters. The molecule has 0 amide bonds. The second-order valence-electron chi connectivity index (χ2n) is 6.43. The first-order valence-corrected chi connectivity index (χ1v) is 8.15. The topological polar surface area (TPSA) is 58.7 Å². The molecular formula is C18H24N2O3. The lowest BCUT2D eigenvalue weighted by atomic mass is 10.1. The maximum atomic E-state index is 10.2. The molecule has 0 aliphatic carbocycles. The van der Waals surface area contributed by atoms with Crippen LogP contribution in [0.5, 0.6) is 11.5 Å². The summed E-state index contributed by atoms with van der Waals surface area (Å²) in [5, 5.41) is 14.4. The molecule has 5 heteroatoms. The molecule has 124 valence electrons. The van der Waals surface area contributed by atoms with Gasteiger partial charge in [-0.2, -0.15) is 0 Å². The number of rotatable bonds is 5. The average molecular weight is 316 g/mol. The fourth-order valence-corrected chi connectivity index (χ4v) is 3.11. The Hall–Kier alpha value is -2.01. The number of phenols is 1. The monoisotopic (exact) mass is 316 g/mol. The van der Waals surface area contributed by atoms with E-state index in [1.54, 1.807) is 13.2 Å². The maximum absolute atomic E-state index is 10.2. The van der Waals surface area contributed by atoms with Gasteiger partial charge in [-0.1, -0.05) is 25.1 Å². The summed E-state index contributed by atoms with van der Waals surface area (Å²) >= 11 is 0. The molecular weight excluding hydrogens is 292 g/mol. The summed E-state index contributed by atoms with van der Waals surface area (Å²) in [6.07, 6.45) is 2.20. The standard InChI is InChI=1S/C18H24N2O3/c1-12(2)18-10-15(19-23-18)16-5-4-8-20(16)11-13-6-7-14(22-3)9-17(13)21/h6-7,9-10,12,16,21H,4-5,8,11H2,1-3H3/t16-/m0/s1. The van der Waals surface area contributed by atoms with E-state index in [9.17, 15) is 5.11 Å². The van der Waals surface area contributed by atoms with E-state index >= 15 is 0 Å². The van der Waals surface area contributed by atoms with Gasteiger partial charge in [-0.05, 0) is 25.5 Å². The van der Waals surface area contributed by atoms with Crippen LogP contribution in [0.3, 0.4) is 0 Å². The minimum atomic E-state index is 0.257. The van der Waals surface area contributed by atoms with E-state index in [2.05, 4.69) is 30.0 Å². The zero-order valence-electron chi connectivity index (χ0n) is 14.0. The van der Waals surface area contributed by atoms with Crippen molar-refractivity contribution in [3.8, 4) is 11.5 Å². The Morgan fingerprint density at radius 2 is 2.22 bits per heavy atom. The molecule has 1 atom stereocenters. The number of aromatic nitrogens is 1. The molecule has 1 N–H and O–H groups in total. The highest BCUT2D eigenvalue weighted by Crippen LogP contribution is 2.35. The van der Waals surface area contributed by atoms with Gasteiger partial charge in [-0.3, -0.25) is 4.90 Å². The van der Waals surface area contributed by atoms with E-state index in [-0.39, 0.29) is 11.8 Å². The Morgan fingerprint density at radius 1 is 1.39 bits per heavy atom. The molecule has 0 radical (unpaired) electrons. The van der Waals surface area contributed by atoms with Gasteiger partial charge < -0.3 is 14.4 Å². The molecule has 1 aromatic heterocycles. The van der Waals surface area contributed by atoms with Crippen LogP contribution in [0.4, 0.5) is 0 Å². The normalized spacial score (nSPS) is 18.7. The third kappa shape index (κ3) is 3.34. The highest BCUT2D eigenvalue weighted by atomic mass is 16.5. The van der Waals surface area contributed by atoms with E-state index in [0.717, 1.165) is 36.4 Å². The van der Waals surface area contributed by atoms with Gasteiger partial charge in [0.25, 0.3) is 0 Å². The number of benzene rings is 1. The van der Waals surface area contributed by atoms with Crippen molar-refractivity contribution >= 4 is 0 Å².